The van der Waals surface area contributed by atoms with Crippen molar-refractivity contribution in [3.63, 3.8) is 0 Å². The normalized spacial score (nSPS) is 19.1. The van der Waals surface area contributed by atoms with Crippen molar-refractivity contribution >= 4 is 29.4 Å². The number of benzene rings is 2. The van der Waals surface area contributed by atoms with Crippen molar-refractivity contribution < 1.29 is 31.9 Å². The van der Waals surface area contributed by atoms with E-state index in [9.17, 15) is 22.8 Å². The third-order valence-corrected chi connectivity index (χ3v) is 10.1. The van der Waals surface area contributed by atoms with Crippen LogP contribution in [-0.4, -0.2) is 65.7 Å². The van der Waals surface area contributed by atoms with Crippen LogP contribution in [0.15, 0.2) is 66.2 Å². The summed E-state index contributed by atoms with van der Waals surface area (Å²) in [6.45, 7) is 3.60. The Labute approximate surface area is 309 Å². The number of halogens is 5. The van der Waals surface area contributed by atoms with E-state index in [1.54, 1.807) is 44.3 Å². The highest BCUT2D eigenvalue weighted by molar-refractivity contribution is 6.33. The maximum Gasteiger partial charge on any atom is 0.335 e. The lowest BCUT2D eigenvalue weighted by molar-refractivity contribution is -0.150. The fraction of sp³-hybridized carbons (Fsp3) is 0.459. The van der Waals surface area contributed by atoms with Crippen molar-refractivity contribution in [2.75, 3.05) is 6.61 Å². The van der Waals surface area contributed by atoms with Gasteiger partial charge in [0.2, 0.25) is 0 Å². The predicted molar refractivity (Wildman–Crippen MR) is 190 cm³/mol. The molecular weight excluding hydrogens is 716 g/mol. The molecule has 2 aromatic carbocycles. The SMILES string of the molecule is CC(F)C(C)(C)CC(=O)OC[C@H](c1ccc(Cl)c(-c2ncnn2C(F)F)c1)N1C(=O)[C@@](CC(C)(C)F)(c2ccc(-c3cnn(C4CC4)c3)cc2)N=C1N. The number of amides is 1. The molecule has 2 aromatic heterocycles. The van der Waals surface area contributed by atoms with Crippen LogP contribution in [0, 0.1) is 5.41 Å². The third kappa shape index (κ3) is 7.80. The molecule has 16 heteroatoms. The summed E-state index contributed by atoms with van der Waals surface area (Å²) in [5.74, 6) is -2.01. The predicted octanol–water partition coefficient (Wildman–Crippen LogP) is 7.74. The summed E-state index contributed by atoms with van der Waals surface area (Å²) in [6.07, 6.45) is 4.79. The minimum Gasteiger partial charge on any atom is -0.463 e. The summed E-state index contributed by atoms with van der Waals surface area (Å²) in [5, 5.41) is 8.09. The number of ether oxygens (including phenoxy) is 1. The van der Waals surface area contributed by atoms with Gasteiger partial charge in [0.05, 0.1) is 29.7 Å². The monoisotopic (exact) mass is 756 g/mol. The third-order valence-electron chi connectivity index (χ3n) is 9.78. The van der Waals surface area contributed by atoms with Gasteiger partial charge in [-0.05, 0) is 62.4 Å². The van der Waals surface area contributed by atoms with Gasteiger partial charge in [-0.15, -0.1) is 0 Å². The molecule has 2 N–H and O–H groups in total. The molecule has 0 radical (unpaired) electrons. The van der Waals surface area contributed by atoms with E-state index < -0.39 is 60.3 Å². The molecular formula is C37H41ClF4N8O3. The van der Waals surface area contributed by atoms with Gasteiger partial charge in [0.25, 0.3) is 5.91 Å². The number of esters is 1. The largest absolute Gasteiger partial charge is 0.463 e. The van der Waals surface area contributed by atoms with Crippen molar-refractivity contribution in [1.82, 2.24) is 29.4 Å². The van der Waals surface area contributed by atoms with Gasteiger partial charge in [-0.25, -0.2) is 18.8 Å². The molecule has 1 saturated carbocycles. The summed E-state index contributed by atoms with van der Waals surface area (Å²) < 4.78 is 65.6. The average molecular weight is 757 g/mol. The lowest BCUT2D eigenvalue weighted by Crippen LogP contribution is -2.48. The molecule has 1 amide bonds. The van der Waals surface area contributed by atoms with E-state index in [1.165, 1.54) is 39.0 Å². The molecule has 1 aliphatic carbocycles. The van der Waals surface area contributed by atoms with Gasteiger partial charge in [0.15, 0.2) is 17.3 Å². The van der Waals surface area contributed by atoms with Crippen LogP contribution in [-0.2, 0) is 19.9 Å². The van der Waals surface area contributed by atoms with Crippen LogP contribution in [0.25, 0.3) is 22.5 Å². The van der Waals surface area contributed by atoms with Gasteiger partial charge in [-0.1, -0.05) is 55.8 Å². The molecule has 3 atom stereocenters. The van der Waals surface area contributed by atoms with E-state index in [0.717, 1.165) is 35.2 Å². The summed E-state index contributed by atoms with van der Waals surface area (Å²) in [7, 11) is 0. The number of guanidine groups is 1. The second-order valence-electron chi connectivity index (χ2n) is 14.9. The first-order chi connectivity index (χ1) is 24.9. The number of nitrogens with zero attached hydrogens (tertiary/aromatic N) is 7. The molecule has 1 fully saturated rings. The molecule has 282 valence electrons. The Bertz CT molecular complexity index is 2020. The maximum atomic E-state index is 15.7. The highest BCUT2D eigenvalue weighted by Gasteiger charge is 2.54. The average Bonchev–Trinajstić information content (AvgIpc) is 3.49. The zero-order valence-corrected chi connectivity index (χ0v) is 30.7. The van der Waals surface area contributed by atoms with Crippen LogP contribution in [0.5, 0.6) is 0 Å². The highest BCUT2D eigenvalue weighted by atomic mass is 35.5. The number of nitrogens with two attached hydrogens (primary N) is 1. The molecule has 1 aliphatic heterocycles. The van der Waals surface area contributed by atoms with Gasteiger partial charge in [0, 0.05) is 29.2 Å². The van der Waals surface area contributed by atoms with Gasteiger partial charge >= 0.3 is 12.5 Å². The molecule has 0 saturated heterocycles. The van der Waals surface area contributed by atoms with E-state index in [-0.39, 0.29) is 34.4 Å². The zero-order chi connectivity index (χ0) is 38.5. The Balaban J connectivity index is 1.40. The Morgan fingerprint density at radius 1 is 1.08 bits per heavy atom. The fourth-order valence-electron chi connectivity index (χ4n) is 6.44. The Kier molecular flexibility index (Phi) is 10.2. The summed E-state index contributed by atoms with van der Waals surface area (Å²) >= 11 is 6.47. The minimum atomic E-state index is -3.04. The molecule has 6 rings (SSSR count). The Morgan fingerprint density at radius 3 is 2.40 bits per heavy atom. The summed E-state index contributed by atoms with van der Waals surface area (Å²) in [5.41, 5.74) is 4.11. The van der Waals surface area contributed by atoms with E-state index >= 15 is 4.39 Å². The van der Waals surface area contributed by atoms with E-state index in [4.69, 9.17) is 22.1 Å². The second kappa shape index (κ2) is 14.2. The molecule has 0 spiro atoms. The number of alkyl halides is 4. The number of carbonyl (C=O) groups excluding carboxylic acids is 2. The first-order valence-electron chi connectivity index (χ1n) is 17.2. The van der Waals surface area contributed by atoms with Crippen molar-refractivity contribution in [2.24, 2.45) is 16.1 Å². The van der Waals surface area contributed by atoms with Crippen LogP contribution >= 0.6 is 11.6 Å². The molecule has 2 aliphatic rings. The Hall–Kier alpha value is -4.79. The van der Waals surface area contributed by atoms with E-state index in [2.05, 4.69) is 20.2 Å². The van der Waals surface area contributed by atoms with Gasteiger partial charge in [-0.3, -0.25) is 19.2 Å². The van der Waals surface area contributed by atoms with Gasteiger partial charge < -0.3 is 10.5 Å². The van der Waals surface area contributed by atoms with Crippen LogP contribution < -0.4 is 5.73 Å². The number of carbonyl (C=O) groups is 2. The lowest BCUT2D eigenvalue weighted by Gasteiger charge is -2.34. The van der Waals surface area contributed by atoms with Crippen LogP contribution in [0.3, 0.4) is 0 Å². The molecule has 1 unspecified atom stereocenters. The smallest absolute Gasteiger partial charge is 0.335 e. The highest BCUT2D eigenvalue weighted by Crippen LogP contribution is 2.45. The first kappa shape index (κ1) is 38.0. The first-order valence-corrected chi connectivity index (χ1v) is 17.6. The molecule has 3 heterocycles. The number of hydrogen-bond donors (Lipinski definition) is 1. The standard InChI is InChI=1S/C37H41ClF4N8O3/c1-21(39)35(2,3)15-30(51)53-18-29(23-8-13-28(38)27(14-23)31-44-20-46-50(31)33(40)41)49-32(52)37(47-34(49)43,19-36(4,5)42)25-9-6-22(7-10-25)24-16-45-48(17-24)26-11-12-26/h6-10,13-14,16-17,20-21,26,29,33H,11-12,15,18-19H2,1-5H3,(H2,43,47)/t21?,29-,37-/m1/s1. The molecule has 0 bridgehead atoms. The molecule has 53 heavy (non-hydrogen) atoms. The fourth-order valence-corrected chi connectivity index (χ4v) is 6.64. The lowest BCUT2D eigenvalue weighted by atomic mass is 9.80. The van der Waals surface area contributed by atoms with E-state index in [0.29, 0.717) is 16.3 Å². The summed E-state index contributed by atoms with van der Waals surface area (Å²) in [4.78, 5) is 37.7. The Morgan fingerprint density at radius 2 is 1.77 bits per heavy atom. The zero-order valence-electron chi connectivity index (χ0n) is 29.9. The number of rotatable bonds is 14. The summed E-state index contributed by atoms with van der Waals surface area (Å²) in [6, 6.07) is 10.5. The molecule has 11 nitrogen and oxygen atoms in total. The van der Waals surface area contributed by atoms with Crippen molar-refractivity contribution in [3.8, 4) is 22.5 Å². The molecule has 4 aromatic rings. The minimum absolute atomic E-state index is 0.0451. The number of aromatic nitrogens is 5. The van der Waals surface area contributed by atoms with Crippen molar-refractivity contribution in [1.29, 1.82) is 0 Å². The number of hydrogen-bond acceptors (Lipinski definition) is 8. The number of aliphatic imine (C=N–C) groups is 1. The van der Waals surface area contributed by atoms with E-state index in [1.807, 2.05) is 10.9 Å². The van der Waals surface area contributed by atoms with Crippen LogP contribution in [0.2, 0.25) is 5.02 Å². The second-order valence-corrected chi connectivity index (χ2v) is 15.4. The quantitative estimate of drug-likeness (QED) is 0.103. The topological polar surface area (TPSA) is 134 Å². The van der Waals surface area contributed by atoms with Gasteiger partial charge in [-0.2, -0.15) is 23.7 Å². The van der Waals surface area contributed by atoms with Crippen LogP contribution in [0.1, 0.15) is 90.1 Å². The van der Waals surface area contributed by atoms with Crippen molar-refractivity contribution in [2.45, 2.75) is 96.3 Å². The van der Waals surface area contributed by atoms with Crippen molar-refractivity contribution in [3.05, 3.63) is 77.3 Å². The maximum absolute atomic E-state index is 15.7. The van der Waals surface area contributed by atoms with Crippen LogP contribution in [0.4, 0.5) is 17.6 Å². The van der Waals surface area contributed by atoms with Gasteiger partial charge in [0.1, 0.15) is 24.8 Å².